The van der Waals surface area contributed by atoms with Gasteiger partial charge in [-0.15, -0.1) is 0 Å². The van der Waals surface area contributed by atoms with Crippen molar-refractivity contribution in [3.05, 3.63) is 0 Å². The Balaban J connectivity index is 3.24. The van der Waals surface area contributed by atoms with Gasteiger partial charge in [0.1, 0.15) is 6.29 Å². The zero-order valence-corrected chi connectivity index (χ0v) is 5.03. The van der Waals surface area contributed by atoms with Gasteiger partial charge in [0.25, 0.3) is 0 Å². The Kier molecular flexibility index (Phi) is 4.30. The zero-order chi connectivity index (χ0) is 7.11. The number of aldehydes is 1. The van der Waals surface area contributed by atoms with E-state index in [1.165, 1.54) is 13.1 Å². The first-order chi connectivity index (χ1) is 4.27. The van der Waals surface area contributed by atoms with Crippen LogP contribution in [0, 0.1) is 0 Å². The van der Waals surface area contributed by atoms with Crippen LogP contribution in [0.1, 0.15) is 13.3 Å². The molecular weight excluding hydrogens is 122 g/mol. The van der Waals surface area contributed by atoms with E-state index < -0.39 is 5.97 Å². The number of rotatable bonds is 3. The highest BCUT2D eigenvalue weighted by atomic mass is 16.7. The fourth-order valence-corrected chi connectivity index (χ4v) is 0.198. The minimum atomic E-state index is -0.489. The second-order valence-corrected chi connectivity index (χ2v) is 1.27. The predicted molar refractivity (Wildman–Crippen MR) is 30.9 cm³/mol. The molecule has 4 nitrogen and oxygen atoms in total. The van der Waals surface area contributed by atoms with Crippen molar-refractivity contribution in [2.75, 3.05) is 0 Å². The molecule has 0 N–H and O–H groups in total. The van der Waals surface area contributed by atoms with Crippen molar-refractivity contribution < 1.29 is 14.4 Å². The monoisotopic (exact) mass is 129 g/mol. The van der Waals surface area contributed by atoms with Crippen LogP contribution >= 0.6 is 0 Å². The van der Waals surface area contributed by atoms with Crippen LogP contribution in [-0.2, 0) is 14.4 Å². The topological polar surface area (TPSA) is 55.7 Å². The van der Waals surface area contributed by atoms with Crippen molar-refractivity contribution in [3.8, 4) is 0 Å². The van der Waals surface area contributed by atoms with E-state index >= 15 is 0 Å². The maximum atomic E-state index is 9.98. The number of hydrogen-bond donors (Lipinski definition) is 0. The molecule has 0 heterocycles. The van der Waals surface area contributed by atoms with E-state index in [4.69, 9.17) is 0 Å². The van der Waals surface area contributed by atoms with Crippen molar-refractivity contribution in [2.45, 2.75) is 13.3 Å². The minimum absolute atomic E-state index is 0.174. The normalized spacial score (nSPS) is 9.44. The molecule has 0 aliphatic rings. The molecule has 0 aromatic carbocycles. The van der Waals surface area contributed by atoms with Gasteiger partial charge in [0, 0.05) is 13.3 Å². The Hall–Kier alpha value is -1.19. The molecule has 0 aromatic rings. The van der Waals surface area contributed by atoms with Gasteiger partial charge in [0.15, 0.2) is 0 Å². The van der Waals surface area contributed by atoms with Gasteiger partial charge < -0.3 is 9.63 Å². The molecule has 0 aliphatic heterocycles. The van der Waals surface area contributed by atoms with Crippen molar-refractivity contribution in [3.63, 3.8) is 0 Å². The molecule has 0 saturated carbocycles. The summed E-state index contributed by atoms with van der Waals surface area (Å²) in [6.45, 7) is 1.23. The van der Waals surface area contributed by atoms with Crippen molar-refractivity contribution in [1.29, 1.82) is 0 Å². The Bertz CT molecular complexity index is 130. The smallest absolute Gasteiger partial charge is 0.319 e. The van der Waals surface area contributed by atoms with Crippen molar-refractivity contribution >= 4 is 18.5 Å². The van der Waals surface area contributed by atoms with Crippen LogP contribution in [-0.4, -0.2) is 18.5 Å². The molecule has 50 valence electrons. The molecule has 0 rings (SSSR count). The molecule has 4 heteroatoms. The molecule has 0 amide bonds. The average molecular weight is 129 g/mol. The Morgan fingerprint density at radius 2 is 2.44 bits per heavy atom. The molecule has 0 atom stereocenters. The van der Waals surface area contributed by atoms with Crippen LogP contribution in [0.3, 0.4) is 0 Å². The van der Waals surface area contributed by atoms with E-state index in [-0.39, 0.29) is 6.42 Å². The van der Waals surface area contributed by atoms with Crippen LogP contribution in [0.4, 0.5) is 0 Å². The van der Waals surface area contributed by atoms with Gasteiger partial charge >= 0.3 is 5.97 Å². The van der Waals surface area contributed by atoms with E-state index in [0.29, 0.717) is 6.29 Å². The molecule has 0 aliphatic carbocycles. The fraction of sp³-hybridized carbons (Fsp3) is 0.400. The predicted octanol–water partition coefficient (Wildman–Crippen LogP) is 0.124. The molecule has 0 fully saturated rings. The number of hydrogen-bond acceptors (Lipinski definition) is 4. The molecule has 0 saturated heterocycles. The van der Waals surface area contributed by atoms with Crippen LogP contribution in [0.25, 0.3) is 0 Å². The van der Waals surface area contributed by atoms with Crippen LogP contribution < -0.4 is 0 Å². The summed E-state index contributed by atoms with van der Waals surface area (Å²) in [5, 5.41) is 3.15. The van der Waals surface area contributed by atoms with E-state index in [2.05, 4.69) is 9.99 Å². The molecule has 0 aromatic heterocycles. The van der Waals surface area contributed by atoms with Gasteiger partial charge in [-0.3, -0.25) is 0 Å². The van der Waals surface area contributed by atoms with Gasteiger partial charge in [-0.1, -0.05) is 5.16 Å². The molecule has 0 radical (unpaired) electrons. The van der Waals surface area contributed by atoms with Crippen molar-refractivity contribution in [1.82, 2.24) is 0 Å². The molecule has 0 spiro atoms. The Morgan fingerprint density at radius 3 is 2.89 bits per heavy atom. The van der Waals surface area contributed by atoms with Crippen LogP contribution in [0.15, 0.2) is 5.16 Å². The molecular formula is C5H7NO3. The van der Waals surface area contributed by atoms with Crippen molar-refractivity contribution in [2.24, 2.45) is 5.16 Å². The maximum Gasteiger partial charge on any atom is 0.331 e. The third-order valence-electron chi connectivity index (χ3n) is 0.457. The highest BCUT2D eigenvalue weighted by molar-refractivity contribution is 5.76. The third-order valence-corrected chi connectivity index (χ3v) is 0.457. The fourth-order valence-electron chi connectivity index (χ4n) is 0.198. The van der Waals surface area contributed by atoms with Gasteiger partial charge in [-0.25, -0.2) is 4.79 Å². The lowest BCUT2D eigenvalue weighted by molar-refractivity contribution is -0.140. The summed E-state index contributed by atoms with van der Waals surface area (Å²) in [6, 6.07) is 0. The van der Waals surface area contributed by atoms with Crippen LogP contribution in [0.2, 0.25) is 0 Å². The SMILES string of the molecule is CC(=O)O/N=C/CC=O. The summed E-state index contributed by atoms with van der Waals surface area (Å²) in [5.41, 5.74) is 0. The lowest BCUT2D eigenvalue weighted by atomic mass is 10.5. The molecule has 0 bridgehead atoms. The van der Waals surface area contributed by atoms with Gasteiger partial charge in [0.05, 0.1) is 6.21 Å². The van der Waals surface area contributed by atoms with E-state index in [1.807, 2.05) is 0 Å². The number of oxime groups is 1. The summed E-state index contributed by atoms with van der Waals surface area (Å²) in [7, 11) is 0. The number of carbonyl (C=O) groups excluding carboxylic acids is 2. The first-order valence-electron chi connectivity index (χ1n) is 2.40. The second kappa shape index (κ2) is 4.96. The van der Waals surface area contributed by atoms with Crippen LogP contribution in [0.5, 0.6) is 0 Å². The summed E-state index contributed by atoms with van der Waals surface area (Å²) in [4.78, 5) is 23.7. The largest absolute Gasteiger partial charge is 0.331 e. The first-order valence-corrected chi connectivity index (χ1v) is 2.40. The summed E-state index contributed by atoms with van der Waals surface area (Å²) in [5.74, 6) is -0.489. The lowest BCUT2D eigenvalue weighted by Gasteiger charge is -1.84. The summed E-state index contributed by atoms with van der Waals surface area (Å²) < 4.78 is 0. The summed E-state index contributed by atoms with van der Waals surface area (Å²) in [6.07, 6.45) is 2.05. The quantitative estimate of drug-likeness (QED) is 0.235. The third kappa shape index (κ3) is 6.81. The highest BCUT2D eigenvalue weighted by Gasteiger charge is 1.84. The minimum Gasteiger partial charge on any atom is -0.319 e. The highest BCUT2D eigenvalue weighted by Crippen LogP contribution is 1.75. The number of nitrogens with zero attached hydrogens (tertiary/aromatic N) is 1. The average Bonchev–Trinajstić information content (AvgIpc) is 1.80. The van der Waals surface area contributed by atoms with E-state index in [9.17, 15) is 9.59 Å². The Morgan fingerprint density at radius 1 is 1.78 bits per heavy atom. The Labute approximate surface area is 52.5 Å². The van der Waals surface area contributed by atoms with Gasteiger partial charge in [-0.05, 0) is 0 Å². The molecule has 0 unspecified atom stereocenters. The standard InChI is InChI=1S/C5H7NO3/c1-5(8)9-6-3-2-4-7/h3-4H,2H2,1H3/b6-3+. The summed E-state index contributed by atoms with van der Waals surface area (Å²) >= 11 is 0. The maximum absolute atomic E-state index is 9.98. The number of carbonyl (C=O) groups is 2. The van der Waals surface area contributed by atoms with Gasteiger partial charge in [-0.2, -0.15) is 0 Å². The lowest BCUT2D eigenvalue weighted by Crippen LogP contribution is -1.90. The van der Waals surface area contributed by atoms with E-state index in [0.717, 1.165) is 0 Å². The molecule has 9 heavy (non-hydrogen) atoms. The van der Waals surface area contributed by atoms with Gasteiger partial charge in [0.2, 0.25) is 0 Å². The first kappa shape index (κ1) is 7.81. The second-order valence-electron chi connectivity index (χ2n) is 1.27. The zero-order valence-electron chi connectivity index (χ0n) is 5.03. The van der Waals surface area contributed by atoms with E-state index in [1.54, 1.807) is 0 Å².